The molecule has 0 aliphatic carbocycles. The number of methoxy groups -OCH3 is 1. The summed E-state index contributed by atoms with van der Waals surface area (Å²) in [6, 6.07) is 9.04. The Bertz CT molecular complexity index is 526. The number of hydrogen-bond donors (Lipinski definition) is 1. The molecule has 100 valence electrons. The minimum atomic E-state index is -1.17. The summed E-state index contributed by atoms with van der Waals surface area (Å²) in [5.41, 5.74) is 0.967. The first-order valence-corrected chi connectivity index (χ1v) is 5.72. The van der Waals surface area contributed by atoms with Crippen LogP contribution in [0, 0.1) is 0 Å². The van der Waals surface area contributed by atoms with Crippen molar-refractivity contribution in [3.8, 4) is 0 Å². The highest BCUT2D eigenvalue weighted by Gasteiger charge is 2.22. The summed E-state index contributed by atoms with van der Waals surface area (Å²) in [6.07, 6.45) is 0.123. The molecule has 0 aromatic heterocycles. The van der Waals surface area contributed by atoms with E-state index in [1.807, 2.05) is 18.2 Å². The maximum atomic E-state index is 11.9. The van der Waals surface area contributed by atoms with E-state index >= 15 is 0 Å². The van der Waals surface area contributed by atoms with Gasteiger partial charge in [-0.1, -0.05) is 36.9 Å². The number of carboxylic acid groups (broad SMARTS) is 1. The Morgan fingerprint density at radius 2 is 1.84 bits per heavy atom. The Morgan fingerprint density at radius 3 is 2.26 bits per heavy atom. The summed E-state index contributed by atoms with van der Waals surface area (Å²) in [4.78, 5) is 23.2. The van der Waals surface area contributed by atoms with E-state index in [0.717, 1.165) is 5.56 Å². The largest absolute Gasteiger partial charge is 0.492 e. The average Bonchev–Trinajstić information content (AvgIpc) is 2.39. The molecule has 1 rings (SSSR count). The van der Waals surface area contributed by atoms with Crippen LogP contribution in [-0.4, -0.2) is 24.0 Å². The Balaban J connectivity index is 3.21. The lowest BCUT2D eigenvalue weighted by Crippen LogP contribution is -2.15. The molecule has 0 aliphatic heterocycles. The van der Waals surface area contributed by atoms with Crippen LogP contribution < -0.4 is 0 Å². The lowest BCUT2D eigenvalue weighted by atomic mass is 10.0. The number of allylic oxidation sites excluding steroid dienone is 1. The van der Waals surface area contributed by atoms with Crippen molar-refractivity contribution in [2.75, 3.05) is 7.11 Å². The van der Waals surface area contributed by atoms with E-state index < -0.39 is 11.8 Å². The molecule has 1 aromatic rings. The molecule has 4 heteroatoms. The van der Waals surface area contributed by atoms with Crippen molar-refractivity contribution < 1.29 is 19.4 Å². The summed E-state index contributed by atoms with van der Waals surface area (Å²) < 4.78 is 4.96. The molecule has 0 bridgehead atoms. The van der Waals surface area contributed by atoms with Crippen LogP contribution >= 0.6 is 0 Å². The van der Waals surface area contributed by atoms with Gasteiger partial charge in [0.1, 0.15) is 0 Å². The molecule has 0 heterocycles. The molecule has 0 saturated heterocycles. The second-order valence-corrected chi connectivity index (χ2v) is 4.09. The van der Waals surface area contributed by atoms with Gasteiger partial charge in [0.2, 0.25) is 5.78 Å². The quantitative estimate of drug-likeness (QED) is 0.630. The zero-order chi connectivity index (χ0) is 14.4. The minimum absolute atomic E-state index is 0.0679. The molecular weight excluding hydrogens is 244 g/mol. The molecule has 0 unspecified atom stereocenters. The predicted octanol–water partition coefficient (Wildman–Crippen LogP) is 2.36. The van der Waals surface area contributed by atoms with Crippen LogP contribution in [-0.2, 0) is 20.7 Å². The Kier molecular flexibility index (Phi) is 5.06. The van der Waals surface area contributed by atoms with E-state index in [1.165, 1.54) is 14.0 Å². The third-order valence-corrected chi connectivity index (χ3v) is 2.55. The maximum Gasteiger partial charge on any atom is 0.335 e. The highest BCUT2D eigenvalue weighted by molar-refractivity contribution is 6.10. The van der Waals surface area contributed by atoms with Crippen molar-refractivity contribution in [3.63, 3.8) is 0 Å². The van der Waals surface area contributed by atoms with E-state index in [-0.39, 0.29) is 23.3 Å². The molecule has 4 nitrogen and oxygen atoms in total. The van der Waals surface area contributed by atoms with Crippen molar-refractivity contribution in [2.45, 2.75) is 13.3 Å². The molecule has 0 radical (unpaired) electrons. The standard InChI is InChI=1S/C15H16O4/c1-10(2)13(16)14(19-3)12(15(17)18)9-11-7-5-4-6-8-11/h4-8H,1,9H2,2-3H3,(H,17,18)/b14-12-. The number of benzene rings is 1. The van der Waals surface area contributed by atoms with Crippen LogP contribution in [0.3, 0.4) is 0 Å². The van der Waals surface area contributed by atoms with E-state index in [1.54, 1.807) is 12.1 Å². The number of carboxylic acids is 1. The van der Waals surface area contributed by atoms with Crippen LogP contribution in [0.5, 0.6) is 0 Å². The van der Waals surface area contributed by atoms with Gasteiger partial charge in [0.25, 0.3) is 0 Å². The number of rotatable bonds is 6. The van der Waals surface area contributed by atoms with Gasteiger partial charge in [0.05, 0.1) is 12.7 Å². The second-order valence-electron chi connectivity index (χ2n) is 4.09. The van der Waals surface area contributed by atoms with Gasteiger partial charge in [-0.25, -0.2) is 4.79 Å². The summed E-state index contributed by atoms with van der Waals surface area (Å²) in [7, 11) is 1.28. The molecular formula is C15H16O4. The van der Waals surface area contributed by atoms with Gasteiger partial charge in [-0.15, -0.1) is 0 Å². The van der Waals surface area contributed by atoms with Gasteiger partial charge >= 0.3 is 5.97 Å². The number of ether oxygens (including phenoxy) is 1. The zero-order valence-electron chi connectivity index (χ0n) is 11.0. The van der Waals surface area contributed by atoms with Crippen molar-refractivity contribution >= 4 is 11.8 Å². The first kappa shape index (κ1) is 14.7. The van der Waals surface area contributed by atoms with E-state index in [0.29, 0.717) is 0 Å². The van der Waals surface area contributed by atoms with Crippen LogP contribution in [0.25, 0.3) is 0 Å². The number of Topliss-reactive ketones (excluding diaryl/α,β-unsaturated/α-hetero) is 1. The van der Waals surface area contributed by atoms with Gasteiger partial charge in [-0.3, -0.25) is 4.79 Å². The van der Waals surface area contributed by atoms with Crippen LogP contribution in [0.1, 0.15) is 12.5 Å². The van der Waals surface area contributed by atoms with Crippen molar-refractivity contribution in [1.29, 1.82) is 0 Å². The first-order chi connectivity index (χ1) is 8.97. The smallest absolute Gasteiger partial charge is 0.335 e. The maximum absolute atomic E-state index is 11.9. The highest BCUT2D eigenvalue weighted by Crippen LogP contribution is 2.16. The molecule has 0 saturated carbocycles. The van der Waals surface area contributed by atoms with Gasteiger partial charge in [-0.2, -0.15) is 0 Å². The topological polar surface area (TPSA) is 63.6 Å². The molecule has 1 N–H and O–H groups in total. The van der Waals surface area contributed by atoms with Crippen LogP contribution in [0.2, 0.25) is 0 Å². The Morgan fingerprint density at radius 1 is 1.26 bits per heavy atom. The molecule has 0 fully saturated rings. The van der Waals surface area contributed by atoms with Crippen LogP contribution in [0.15, 0.2) is 53.8 Å². The van der Waals surface area contributed by atoms with Crippen LogP contribution in [0.4, 0.5) is 0 Å². The lowest BCUT2D eigenvalue weighted by molar-refractivity contribution is -0.133. The SMILES string of the molecule is C=C(C)C(=O)/C(OC)=C(\Cc1ccccc1)C(=O)O. The summed E-state index contributed by atoms with van der Waals surface area (Å²) in [5, 5.41) is 9.25. The molecule has 0 amide bonds. The fourth-order valence-corrected chi connectivity index (χ4v) is 1.60. The van der Waals surface area contributed by atoms with E-state index in [9.17, 15) is 14.7 Å². The number of ketones is 1. The normalized spacial score (nSPS) is 11.5. The third kappa shape index (κ3) is 3.81. The molecule has 19 heavy (non-hydrogen) atoms. The van der Waals surface area contributed by atoms with E-state index in [2.05, 4.69) is 6.58 Å². The molecule has 0 spiro atoms. The van der Waals surface area contributed by atoms with E-state index in [4.69, 9.17) is 4.74 Å². The Hall–Kier alpha value is -2.36. The number of carbonyl (C=O) groups is 2. The fourth-order valence-electron chi connectivity index (χ4n) is 1.60. The van der Waals surface area contributed by atoms with Gasteiger partial charge in [-0.05, 0) is 18.1 Å². The number of carbonyl (C=O) groups excluding carboxylic acids is 1. The molecule has 0 aliphatic rings. The van der Waals surface area contributed by atoms with Gasteiger partial charge in [0, 0.05) is 6.42 Å². The minimum Gasteiger partial charge on any atom is -0.492 e. The number of hydrogen-bond acceptors (Lipinski definition) is 3. The number of aliphatic carboxylic acids is 1. The average molecular weight is 260 g/mol. The predicted molar refractivity (Wildman–Crippen MR) is 71.6 cm³/mol. The monoisotopic (exact) mass is 260 g/mol. The Labute approximate surface area is 112 Å². The highest BCUT2D eigenvalue weighted by atomic mass is 16.5. The third-order valence-electron chi connectivity index (χ3n) is 2.55. The van der Waals surface area contributed by atoms with Crippen molar-refractivity contribution in [2.24, 2.45) is 0 Å². The second kappa shape index (κ2) is 6.54. The summed E-state index contributed by atoms with van der Waals surface area (Å²) in [6.45, 7) is 5.03. The summed E-state index contributed by atoms with van der Waals surface area (Å²) >= 11 is 0. The molecule has 0 atom stereocenters. The molecule has 1 aromatic carbocycles. The zero-order valence-corrected chi connectivity index (χ0v) is 11.0. The van der Waals surface area contributed by atoms with Crippen molar-refractivity contribution in [1.82, 2.24) is 0 Å². The van der Waals surface area contributed by atoms with Gasteiger partial charge in [0.15, 0.2) is 5.76 Å². The lowest BCUT2D eigenvalue weighted by Gasteiger charge is -2.10. The van der Waals surface area contributed by atoms with Crippen molar-refractivity contribution in [3.05, 3.63) is 59.4 Å². The first-order valence-electron chi connectivity index (χ1n) is 5.72. The summed E-state index contributed by atoms with van der Waals surface area (Å²) in [5.74, 6) is -1.82. The van der Waals surface area contributed by atoms with Gasteiger partial charge < -0.3 is 9.84 Å². The fraction of sp³-hybridized carbons (Fsp3) is 0.200.